The van der Waals surface area contributed by atoms with Crippen molar-refractivity contribution in [3.8, 4) is 5.88 Å². The third-order valence-electron chi connectivity index (χ3n) is 4.18. The van der Waals surface area contributed by atoms with Gasteiger partial charge in [0.15, 0.2) is 0 Å². The van der Waals surface area contributed by atoms with Crippen molar-refractivity contribution in [2.24, 2.45) is 0 Å². The van der Waals surface area contributed by atoms with Crippen molar-refractivity contribution in [1.29, 1.82) is 0 Å². The molecule has 2 heterocycles. The summed E-state index contributed by atoms with van der Waals surface area (Å²) >= 11 is 6.03. The van der Waals surface area contributed by atoms with Gasteiger partial charge in [-0.1, -0.05) is 11.6 Å². The van der Waals surface area contributed by atoms with Crippen LogP contribution in [-0.4, -0.2) is 54.2 Å². The number of rotatable bonds is 4. The maximum Gasteiger partial charge on any atom is 0.237 e. The van der Waals surface area contributed by atoms with Gasteiger partial charge >= 0.3 is 0 Å². The van der Waals surface area contributed by atoms with Crippen LogP contribution in [0.2, 0.25) is 5.02 Å². The fourth-order valence-corrected chi connectivity index (χ4v) is 2.51. The van der Waals surface area contributed by atoms with Crippen LogP contribution in [-0.2, 0) is 0 Å². The van der Waals surface area contributed by atoms with E-state index in [0.29, 0.717) is 23.5 Å². The van der Waals surface area contributed by atoms with E-state index in [1.54, 1.807) is 6.20 Å². The standard InChI is InChI=1S/C14H23ClN4O/c1-5-20-12-11(15)10-16-13(17-12)19-8-6-14(2,7-9-19)18(3)4/h10H,5-9H2,1-4H3. The predicted molar refractivity (Wildman–Crippen MR) is 81.8 cm³/mol. The lowest BCUT2D eigenvalue weighted by Gasteiger charge is -2.43. The second kappa shape index (κ2) is 6.14. The third-order valence-corrected chi connectivity index (χ3v) is 4.44. The number of hydrogen-bond donors (Lipinski definition) is 0. The molecule has 1 aromatic heterocycles. The van der Waals surface area contributed by atoms with Crippen molar-refractivity contribution in [3.63, 3.8) is 0 Å². The molecule has 0 N–H and O–H groups in total. The Balaban J connectivity index is 2.09. The Morgan fingerprint density at radius 3 is 2.60 bits per heavy atom. The summed E-state index contributed by atoms with van der Waals surface area (Å²) in [4.78, 5) is 13.3. The normalized spacial score (nSPS) is 18.4. The molecular formula is C14H23ClN4O. The van der Waals surface area contributed by atoms with E-state index in [0.717, 1.165) is 25.9 Å². The van der Waals surface area contributed by atoms with E-state index in [-0.39, 0.29) is 5.54 Å². The zero-order chi connectivity index (χ0) is 14.8. The van der Waals surface area contributed by atoms with Crippen LogP contribution in [0.1, 0.15) is 26.7 Å². The molecule has 0 atom stereocenters. The molecule has 1 aliphatic heterocycles. The minimum atomic E-state index is 0.256. The monoisotopic (exact) mass is 298 g/mol. The highest BCUT2D eigenvalue weighted by Gasteiger charge is 2.32. The van der Waals surface area contributed by atoms with E-state index in [1.807, 2.05) is 6.92 Å². The maximum atomic E-state index is 6.03. The van der Waals surface area contributed by atoms with Crippen molar-refractivity contribution >= 4 is 17.5 Å². The maximum absolute atomic E-state index is 6.03. The predicted octanol–water partition coefficient (Wildman–Crippen LogP) is 2.45. The van der Waals surface area contributed by atoms with Crippen LogP contribution in [0.4, 0.5) is 5.95 Å². The number of anilines is 1. The van der Waals surface area contributed by atoms with Gasteiger partial charge in [-0.15, -0.1) is 0 Å². The molecule has 6 heteroatoms. The molecule has 20 heavy (non-hydrogen) atoms. The summed E-state index contributed by atoms with van der Waals surface area (Å²) < 4.78 is 5.43. The van der Waals surface area contributed by atoms with Gasteiger partial charge in [0.25, 0.3) is 0 Å². The van der Waals surface area contributed by atoms with Gasteiger partial charge in [-0.25, -0.2) is 4.98 Å². The molecule has 0 radical (unpaired) electrons. The Hall–Kier alpha value is -1.07. The highest BCUT2D eigenvalue weighted by molar-refractivity contribution is 6.31. The molecule has 0 aliphatic carbocycles. The smallest absolute Gasteiger partial charge is 0.237 e. The largest absolute Gasteiger partial charge is 0.477 e. The molecule has 0 spiro atoms. The average molecular weight is 299 g/mol. The molecule has 0 unspecified atom stereocenters. The molecule has 1 fully saturated rings. The first-order chi connectivity index (χ1) is 9.46. The lowest BCUT2D eigenvalue weighted by atomic mass is 9.88. The molecule has 2 rings (SSSR count). The van der Waals surface area contributed by atoms with Gasteiger partial charge in [-0.3, -0.25) is 0 Å². The van der Waals surface area contributed by atoms with Crippen LogP contribution in [0.3, 0.4) is 0 Å². The first-order valence-corrected chi connectivity index (χ1v) is 7.42. The highest BCUT2D eigenvalue weighted by atomic mass is 35.5. The van der Waals surface area contributed by atoms with E-state index in [9.17, 15) is 0 Å². The van der Waals surface area contributed by atoms with Gasteiger partial charge in [0, 0.05) is 18.6 Å². The molecule has 0 saturated carbocycles. The van der Waals surface area contributed by atoms with Crippen molar-refractivity contribution in [1.82, 2.24) is 14.9 Å². The Morgan fingerprint density at radius 1 is 1.40 bits per heavy atom. The topological polar surface area (TPSA) is 41.5 Å². The quantitative estimate of drug-likeness (QED) is 0.854. The first kappa shape index (κ1) is 15.3. The van der Waals surface area contributed by atoms with Crippen LogP contribution < -0.4 is 9.64 Å². The van der Waals surface area contributed by atoms with Crippen LogP contribution >= 0.6 is 11.6 Å². The summed E-state index contributed by atoms with van der Waals surface area (Å²) in [5.74, 6) is 1.18. The molecule has 112 valence electrons. The number of nitrogens with zero attached hydrogens (tertiary/aromatic N) is 4. The average Bonchev–Trinajstić information content (AvgIpc) is 2.42. The molecule has 0 aromatic carbocycles. The van der Waals surface area contributed by atoms with E-state index in [1.165, 1.54) is 0 Å². The lowest BCUT2D eigenvalue weighted by molar-refractivity contribution is 0.137. The molecule has 0 bridgehead atoms. The van der Waals surface area contributed by atoms with E-state index < -0.39 is 0 Å². The Labute approximate surface area is 125 Å². The third kappa shape index (κ3) is 3.15. The van der Waals surface area contributed by atoms with E-state index in [4.69, 9.17) is 16.3 Å². The van der Waals surface area contributed by atoms with Gasteiger partial charge in [0.1, 0.15) is 5.02 Å². The van der Waals surface area contributed by atoms with Gasteiger partial charge in [-0.2, -0.15) is 4.98 Å². The van der Waals surface area contributed by atoms with Gasteiger partial charge in [0.05, 0.1) is 12.8 Å². The minimum Gasteiger partial charge on any atom is -0.477 e. The fraction of sp³-hybridized carbons (Fsp3) is 0.714. The Bertz CT molecular complexity index is 458. The fourth-order valence-electron chi connectivity index (χ4n) is 2.37. The molecule has 5 nitrogen and oxygen atoms in total. The van der Waals surface area contributed by atoms with Gasteiger partial charge in [-0.05, 0) is 40.8 Å². The summed E-state index contributed by atoms with van der Waals surface area (Å²) in [5.41, 5.74) is 0.256. The van der Waals surface area contributed by atoms with Crippen molar-refractivity contribution in [3.05, 3.63) is 11.2 Å². The van der Waals surface area contributed by atoms with Crippen LogP contribution in [0.5, 0.6) is 5.88 Å². The summed E-state index contributed by atoms with van der Waals surface area (Å²) in [6.45, 7) is 6.67. The summed E-state index contributed by atoms with van der Waals surface area (Å²) in [6, 6.07) is 0. The molecule has 1 aliphatic rings. The van der Waals surface area contributed by atoms with Gasteiger partial charge in [0.2, 0.25) is 11.8 Å². The molecule has 1 saturated heterocycles. The second-order valence-corrected chi connectivity index (χ2v) is 6.04. The van der Waals surface area contributed by atoms with Crippen LogP contribution in [0.25, 0.3) is 0 Å². The summed E-state index contributed by atoms with van der Waals surface area (Å²) in [7, 11) is 4.28. The van der Waals surface area contributed by atoms with E-state index in [2.05, 4.69) is 40.8 Å². The highest BCUT2D eigenvalue weighted by Crippen LogP contribution is 2.29. The molecular weight excluding hydrogens is 276 g/mol. The van der Waals surface area contributed by atoms with Crippen LogP contribution in [0, 0.1) is 0 Å². The zero-order valence-electron chi connectivity index (χ0n) is 12.7. The van der Waals surface area contributed by atoms with Crippen LogP contribution in [0.15, 0.2) is 6.20 Å². The molecule has 0 amide bonds. The summed E-state index contributed by atoms with van der Waals surface area (Å²) in [5, 5.41) is 0.464. The van der Waals surface area contributed by atoms with Crippen molar-refractivity contribution in [2.45, 2.75) is 32.2 Å². The lowest BCUT2D eigenvalue weighted by Crippen LogP contribution is -2.51. The van der Waals surface area contributed by atoms with Crippen molar-refractivity contribution in [2.75, 3.05) is 38.7 Å². The Morgan fingerprint density at radius 2 is 2.05 bits per heavy atom. The first-order valence-electron chi connectivity index (χ1n) is 7.04. The van der Waals surface area contributed by atoms with Crippen molar-refractivity contribution < 1.29 is 4.74 Å². The number of halogens is 1. The SMILES string of the molecule is CCOc1nc(N2CCC(C)(N(C)C)CC2)ncc1Cl. The number of piperidine rings is 1. The number of aromatic nitrogens is 2. The van der Waals surface area contributed by atoms with Gasteiger partial charge < -0.3 is 14.5 Å². The second-order valence-electron chi connectivity index (χ2n) is 5.63. The Kier molecular flexibility index (Phi) is 4.70. The van der Waals surface area contributed by atoms with E-state index >= 15 is 0 Å². The minimum absolute atomic E-state index is 0.256. The number of hydrogen-bond acceptors (Lipinski definition) is 5. The summed E-state index contributed by atoms with van der Waals surface area (Å²) in [6.07, 6.45) is 3.81. The zero-order valence-corrected chi connectivity index (χ0v) is 13.4. The molecule has 1 aromatic rings. The number of ether oxygens (including phenoxy) is 1.